The quantitative estimate of drug-likeness (QED) is 0.731. The standard InChI is InChI=1S/C22H25N3O4S/c1-14-20(21(27)25(23(14)2)15-8-6-5-7-9-15)24-19(26)13-30-22(24)17-11-10-16(28-3)12-18(17)29-4/h5-12,14,20,22H,13H2,1-4H3/t14-,20-,22+/m1/s1. The number of amides is 2. The Morgan fingerprint density at radius 1 is 1.03 bits per heavy atom. The number of rotatable bonds is 5. The number of benzene rings is 2. The largest absolute Gasteiger partial charge is 0.497 e. The van der Waals surface area contributed by atoms with E-state index in [1.165, 1.54) is 11.8 Å². The molecule has 4 rings (SSSR count). The first-order valence-electron chi connectivity index (χ1n) is 9.74. The first-order valence-corrected chi connectivity index (χ1v) is 10.8. The fourth-order valence-corrected chi connectivity index (χ4v) is 5.34. The van der Waals surface area contributed by atoms with Crippen LogP contribution in [0.4, 0.5) is 5.69 Å². The van der Waals surface area contributed by atoms with E-state index in [1.54, 1.807) is 30.2 Å². The van der Waals surface area contributed by atoms with Crippen LogP contribution in [-0.4, -0.2) is 60.8 Å². The van der Waals surface area contributed by atoms with Crippen LogP contribution in [0.15, 0.2) is 48.5 Å². The second-order valence-electron chi connectivity index (χ2n) is 7.32. The molecule has 0 N–H and O–H groups in total. The van der Waals surface area contributed by atoms with Crippen LogP contribution < -0.4 is 14.5 Å². The summed E-state index contributed by atoms with van der Waals surface area (Å²) in [7, 11) is 5.08. The van der Waals surface area contributed by atoms with Gasteiger partial charge in [-0.25, -0.2) is 10.0 Å². The summed E-state index contributed by atoms with van der Waals surface area (Å²) in [4.78, 5) is 28.2. The number of likely N-dealkylation sites (N-methyl/N-ethyl adjacent to an activating group) is 1. The predicted octanol–water partition coefficient (Wildman–Crippen LogP) is 2.93. The van der Waals surface area contributed by atoms with E-state index in [2.05, 4.69) is 0 Å². The molecule has 3 atom stereocenters. The van der Waals surface area contributed by atoms with Crippen LogP contribution in [-0.2, 0) is 9.59 Å². The van der Waals surface area contributed by atoms with Crippen LogP contribution in [0.3, 0.4) is 0 Å². The van der Waals surface area contributed by atoms with Crippen molar-refractivity contribution < 1.29 is 19.1 Å². The highest BCUT2D eigenvalue weighted by Crippen LogP contribution is 2.46. The minimum Gasteiger partial charge on any atom is -0.497 e. The highest BCUT2D eigenvalue weighted by atomic mass is 32.2. The molecule has 0 bridgehead atoms. The second-order valence-corrected chi connectivity index (χ2v) is 8.39. The molecule has 2 aliphatic heterocycles. The van der Waals surface area contributed by atoms with Gasteiger partial charge in [0.1, 0.15) is 22.9 Å². The van der Waals surface area contributed by atoms with E-state index < -0.39 is 6.04 Å². The van der Waals surface area contributed by atoms with Crippen molar-refractivity contribution in [2.75, 3.05) is 32.0 Å². The number of carbonyl (C=O) groups excluding carboxylic acids is 2. The molecule has 0 saturated carbocycles. The van der Waals surface area contributed by atoms with Crippen molar-refractivity contribution in [2.24, 2.45) is 0 Å². The number of hydrazine groups is 1. The molecule has 2 saturated heterocycles. The van der Waals surface area contributed by atoms with Gasteiger partial charge in [-0.05, 0) is 31.2 Å². The minimum atomic E-state index is -0.588. The van der Waals surface area contributed by atoms with Crippen LogP contribution in [0.2, 0.25) is 0 Å². The number of carbonyl (C=O) groups is 2. The molecule has 2 heterocycles. The number of nitrogens with zero attached hydrogens (tertiary/aromatic N) is 3. The van der Waals surface area contributed by atoms with Gasteiger partial charge in [0.25, 0.3) is 5.91 Å². The van der Waals surface area contributed by atoms with Gasteiger partial charge < -0.3 is 14.4 Å². The number of thioether (sulfide) groups is 1. The molecule has 2 aromatic rings. The molecule has 2 amide bonds. The third kappa shape index (κ3) is 3.30. The molecular formula is C22H25N3O4S. The van der Waals surface area contributed by atoms with Crippen LogP contribution in [0.5, 0.6) is 11.5 Å². The number of methoxy groups -OCH3 is 2. The van der Waals surface area contributed by atoms with Crippen molar-refractivity contribution in [3.05, 3.63) is 54.1 Å². The van der Waals surface area contributed by atoms with Gasteiger partial charge in [-0.2, -0.15) is 0 Å². The fourth-order valence-electron chi connectivity index (χ4n) is 4.10. The van der Waals surface area contributed by atoms with E-state index >= 15 is 0 Å². The maximum atomic E-state index is 13.5. The number of para-hydroxylation sites is 1. The smallest absolute Gasteiger partial charge is 0.266 e. The Balaban J connectivity index is 1.71. The topological polar surface area (TPSA) is 62.3 Å². The van der Waals surface area contributed by atoms with E-state index in [4.69, 9.17) is 9.47 Å². The van der Waals surface area contributed by atoms with Crippen molar-refractivity contribution in [1.82, 2.24) is 9.91 Å². The van der Waals surface area contributed by atoms with Crippen molar-refractivity contribution >= 4 is 29.3 Å². The molecule has 30 heavy (non-hydrogen) atoms. The summed E-state index contributed by atoms with van der Waals surface area (Å²) in [5, 5.41) is 3.26. The first-order chi connectivity index (χ1) is 14.5. The van der Waals surface area contributed by atoms with E-state index in [-0.39, 0.29) is 23.2 Å². The molecule has 2 fully saturated rings. The molecule has 0 unspecified atom stereocenters. The normalized spacial score (nSPS) is 24.6. The summed E-state index contributed by atoms with van der Waals surface area (Å²) in [6.45, 7) is 1.98. The lowest BCUT2D eigenvalue weighted by molar-refractivity contribution is -0.136. The molecule has 2 aliphatic rings. The zero-order chi connectivity index (χ0) is 21.4. The van der Waals surface area contributed by atoms with Crippen molar-refractivity contribution in [3.8, 4) is 11.5 Å². The summed E-state index contributed by atoms with van der Waals surface area (Å²) < 4.78 is 10.9. The lowest BCUT2D eigenvalue weighted by atomic mass is 10.1. The second kappa shape index (κ2) is 8.20. The molecule has 0 radical (unpaired) electrons. The Morgan fingerprint density at radius 3 is 2.43 bits per heavy atom. The maximum absolute atomic E-state index is 13.5. The van der Waals surface area contributed by atoms with Crippen molar-refractivity contribution in [2.45, 2.75) is 24.4 Å². The molecule has 2 aromatic carbocycles. The molecule has 8 heteroatoms. The average Bonchev–Trinajstić information content (AvgIpc) is 3.24. The fraction of sp³-hybridized carbons (Fsp3) is 0.364. The predicted molar refractivity (Wildman–Crippen MR) is 117 cm³/mol. The highest BCUT2D eigenvalue weighted by molar-refractivity contribution is 8.00. The van der Waals surface area contributed by atoms with E-state index in [0.29, 0.717) is 17.3 Å². The van der Waals surface area contributed by atoms with Crippen molar-refractivity contribution in [3.63, 3.8) is 0 Å². The van der Waals surface area contributed by atoms with Crippen LogP contribution in [0.25, 0.3) is 0 Å². The van der Waals surface area contributed by atoms with Gasteiger partial charge in [0.05, 0.1) is 31.7 Å². The van der Waals surface area contributed by atoms with E-state index in [1.807, 2.05) is 61.4 Å². The van der Waals surface area contributed by atoms with Crippen LogP contribution >= 0.6 is 11.8 Å². The van der Waals surface area contributed by atoms with Gasteiger partial charge in [0.2, 0.25) is 5.91 Å². The number of anilines is 1. The van der Waals surface area contributed by atoms with Gasteiger partial charge in [-0.15, -0.1) is 11.8 Å². The van der Waals surface area contributed by atoms with Gasteiger partial charge >= 0.3 is 0 Å². The average molecular weight is 428 g/mol. The zero-order valence-corrected chi connectivity index (χ0v) is 18.3. The highest BCUT2D eigenvalue weighted by Gasteiger charge is 2.52. The number of ether oxygens (including phenoxy) is 2. The first kappa shape index (κ1) is 20.6. The Morgan fingerprint density at radius 2 is 1.77 bits per heavy atom. The lowest BCUT2D eigenvalue weighted by Gasteiger charge is -2.31. The summed E-state index contributed by atoms with van der Waals surface area (Å²) in [5.41, 5.74) is 1.65. The van der Waals surface area contributed by atoms with Crippen LogP contribution in [0, 0.1) is 0 Å². The molecule has 0 aromatic heterocycles. The lowest BCUT2D eigenvalue weighted by Crippen LogP contribution is -2.47. The van der Waals surface area contributed by atoms with Gasteiger partial charge in [-0.1, -0.05) is 18.2 Å². The Hall–Kier alpha value is -2.71. The molecular weight excluding hydrogens is 402 g/mol. The summed E-state index contributed by atoms with van der Waals surface area (Å²) in [6.07, 6.45) is 0. The Bertz CT molecular complexity index is 955. The van der Waals surface area contributed by atoms with Gasteiger partial charge in [0, 0.05) is 18.7 Å². The zero-order valence-electron chi connectivity index (χ0n) is 17.4. The molecule has 0 aliphatic carbocycles. The molecule has 7 nitrogen and oxygen atoms in total. The monoisotopic (exact) mass is 427 g/mol. The number of hydrogen-bond acceptors (Lipinski definition) is 6. The number of hydrogen-bond donors (Lipinski definition) is 0. The molecule has 158 valence electrons. The van der Waals surface area contributed by atoms with Gasteiger partial charge in [0.15, 0.2) is 0 Å². The van der Waals surface area contributed by atoms with Gasteiger partial charge in [-0.3, -0.25) is 9.59 Å². The van der Waals surface area contributed by atoms with E-state index in [9.17, 15) is 9.59 Å². The molecule has 0 spiro atoms. The van der Waals surface area contributed by atoms with E-state index in [0.717, 1.165) is 11.3 Å². The van der Waals surface area contributed by atoms with Crippen molar-refractivity contribution in [1.29, 1.82) is 0 Å². The third-order valence-electron chi connectivity index (χ3n) is 5.74. The van der Waals surface area contributed by atoms with Crippen LogP contribution in [0.1, 0.15) is 17.9 Å². The SMILES string of the molecule is COc1ccc([C@@H]2SCC(=O)N2[C@H]2C(=O)N(c3ccccc3)N(C)[C@@H]2C)c(OC)c1. The maximum Gasteiger partial charge on any atom is 0.266 e. The Kier molecular flexibility index (Phi) is 5.62. The summed E-state index contributed by atoms with van der Waals surface area (Å²) in [6, 6.07) is 14.3. The Labute approximate surface area is 180 Å². The summed E-state index contributed by atoms with van der Waals surface area (Å²) in [5.74, 6) is 1.49. The summed E-state index contributed by atoms with van der Waals surface area (Å²) >= 11 is 1.51. The minimum absolute atomic E-state index is 0.0450. The third-order valence-corrected chi connectivity index (χ3v) is 6.95.